The van der Waals surface area contributed by atoms with Crippen LogP contribution in [0.4, 0.5) is 26.2 Å². The molecule has 3 aliphatic heterocycles. The molecular weight excluding hydrogens is 919 g/mol. The van der Waals surface area contributed by atoms with Crippen LogP contribution in [0.5, 0.6) is 0 Å². The number of H-pyrrole nitrogens is 1. The molecule has 0 aliphatic carbocycles. The normalized spacial score (nSPS) is 29.5. The number of nitrogens with one attached hydrogen (secondary N) is 3. The van der Waals surface area contributed by atoms with Crippen LogP contribution in [0.3, 0.4) is 0 Å². The van der Waals surface area contributed by atoms with Crippen molar-refractivity contribution in [1.82, 2.24) is 44.4 Å². The SMILES string of the molecule is [B][P@]1(=O)OC[C@H]2O[C@@H](n3cnc4c(N)ncnc43)[C@H](F)[C@@H]2O[P@@](=O)(SCc2ccc(NC(=O)CNC(=O)CCCCCC)cc2)OC[C@H]2O[C@@H](n3cnc4c(=O)[nH]c(N)nc43)[C@H](F)[C@@H]2O1. The zero-order chi connectivity index (χ0) is 46.0. The van der Waals surface area contributed by atoms with Crippen LogP contribution in [0.2, 0.25) is 0 Å². The number of alkyl halides is 2. The van der Waals surface area contributed by atoms with Gasteiger partial charge in [-0.1, -0.05) is 38.3 Å². The van der Waals surface area contributed by atoms with E-state index in [1.807, 2.05) is 0 Å². The fourth-order valence-corrected chi connectivity index (χ4v) is 11.7. The minimum atomic E-state index is -4.75. The molecule has 4 aromatic heterocycles. The molecule has 3 aliphatic rings. The molecule has 23 nitrogen and oxygen atoms in total. The maximum Gasteiger partial charge on any atom is 0.389 e. The highest BCUT2D eigenvalue weighted by molar-refractivity contribution is 8.54. The van der Waals surface area contributed by atoms with Crippen LogP contribution < -0.4 is 27.7 Å². The summed E-state index contributed by atoms with van der Waals surface area (Å²) in [5, 5.41) is 5.31. The van der Waals surface area contributed by atoms with Gasteiger partial charge in [-0.3, -0.25) is 42.1 Å². The fraction of sp³-hybridized carbons (Fsp3) is 0.500. The predicted octanol–water partition coefficient (Wildman–Crippen LogP) is 3.76. The first-order valence-corrected chi connectivity index (χ1v) is 25.1. The van der Waals surface area contributed by atoms with Gasteiger partial charge in [0.15, 0.2) is 47.4 Å². The molecule has 0 unspecified atom stereocenters. The number of carbonyl (C=O) groups excluding carboxylic acids is 2. The van der Waals surface area contributed by atoms with Gasteiger partial charge in [0.25, 0.3) is 13.0 Å². The number of ether oxygens (including phenoxy) is 2. The molecule has 2 radical (unpaired) electrons. The van der Waals surface area contributed by atoms with Crippen molar-refractivity contribution in [3.05, 3.63) is 59.2 Å². The van der Waals surface area contributed by atoms with Crippen molar-refractivity contribution < 1.29 is 55.1 Å². The Hall–Kier alpha value is -4.85. The lowest BCUT2D eigenvalue weighted by Gasteiger charge is -2.30. The van der Waals surface area contributed by atoms with Crippen molar-refractivity contribution in [2.45, 2.75) is 94.0 Å². The number of carbonyl (C=O) groups is 2. The number of hydrogen-bond acceptors (Lipinski definition) is 19. The highest BCUT2D eigenvalue weighted by Crippen LogP contribution is 2.65. The molecule has 8 rings (SSSR count). The van der Waals surface area contributed by atoms with Crippen LogP contribution in [0.25, 0.3) is 22.3 Å². The van der Waals surface area contributed by atoms with E-state index in [0.717, 1.165) is 42.9 Å². The van der Waals surface area contributed by atoms with Crippen molar-refractivity contribution in [3.63, 3.8) is 0 Å². The third-order valence-corrected chi connectivity index (χ3v) is 15.3. The number of unbranched alkanes of at least 4 members (excludes halogenated alkanes) is 3. The molecular formula is C36H43BF2N12O11P2S. The highest BCUT2D eigenvalue weighted by atomic mass is 32.7. The largest absolute Gasteiger partial charge is 0.389 e. The summed E-state index contributed by atoms with van der Waals surface area (Å²) >= 11 is 0.647. The van der Waals surface area contributed by atoms with Gasteiger partial charge in [-0.05, 0) is 35.5 Å². The lowest BCUT2D eigenvalue weighted by Crippen LogP contribution is -2.37. The van der Waals surface area contributed by atoms with Crippen LogP contribution in [0.1, 0.15) is 57.0 Å². The van der Waals surface area contributed by atoms with E-state index >= 15 is 8.78 Å². The van der Waals surface area contributed by atoms with Gasteiger partial charge in [0.1, 0.15) is 36.3 Å². The zero-order valence-corrected chi connectivity index (χ0v) is 37.0. The monoisotopic (exact) mass is 962 g/mol. The molecule has 10 atom stereocenters. The van der Waals surface area contributed by atoms with Crippen LogP contribution >= 0.6 is 25.7 Å². The average molecular weight is 963 g/mol. The molecule has 7 N–H and O–H groups in total. The Kier molecular flexibility index (Phi) is 14.0. The predicted molar refractivity (Wildman–Crippen MR) is 231 cm³/mol. The number of amides is 2. The Morgan fingerprint density at radius 3 is 2.26 bits per heavy atom. The van der Waals surface area contributed by atoms with Gasteiger partial charge < -0.3 is 40.6 Å². The van der Waals surface area contributed by atoms with Crippen molar-refractivity contribution in [3.8, 4) is 0 Å². The molecule has 0 spiro atoms. The molecule has 65 heavy (non-hydrogen) atoms. The number of fused-ring (bicyclic) bond motifs is 4. The Morgan fingerprint density at radius 1 is 0.892 bits per heavy atom. The van der Waals surface area contributed by atoms with E-state index in [1.165, 1.54) is 10.9 Å². The molecule has 2 amide bonds. The summed E-state index contributed by atoms with van der Waals surface area (Å²) in [7, 11) is 1.24. The van der Waals surface area contributed by atoms with Gasteiger partial charge >= 0.3 is 6.80 Å². The maximum absolute atomic E-state index is 16.8. The average Bonchev–Trinajstić information content (AvgIpc) is 4.04. The van der Waals surface area contributed by atoms with Crippen LogP contribution in [-0.4, -0.2) is 115 Å². The summed E-state index contributed by atoms with van der Waals surface area (Å²) < 4.78 is 99.3. The third-order valence-electron chi connectivity index (χ3n) is 10.6. The minimum Gasteiger partial charge on any atom is -0.382 e. The molecule has 3 fully saturated rings. The standard InChI is InChI=1S/C36H43BF2N12O11P2S/c1-2-3-4-5-6-22(52)42-11-23(53)47-19-9-7-18(8-10-19)14-65-64(56)58-13-21-28(24(38)35(60-21)51-17-46-27-32(51)48-36(41)49-33(27)54)61-63(37,55)57-12-20-29(62-64)25(39)34(59-20)50-16-45-26-30(40)43-15-44-31(26)50/h7-10,15-17,20-21,24-25,28-29,34-35H,2-6,11-14H2,1H3,(H,42,52)(H,47,53)(H2,40,43,44)(H3,41,48,49,54)/t20-,21-,24-,25-,28-,29-,34-,35-,63+,64+/m1/s1. The second kappa shape index (κ2) is 19.6. The number of nitrogen functional groups attached to an aromatic ring is 2. The zero-order valence-electron chi connectivity index (χ0n) is 34.4. The Labute approximate surface area is 373 Å². The molecule has 3 saturated heterocycles. The number of hydrogen-bond donors (Lipinski definition) is 5. The van der Waals surface area contributed by atoms with Crippen LogP contribution in [-0.2, 0) is 52.0 Å². The second-order valence-corrected chi connectivity index (χ2v) is 20.8. The number of nitrogens with zero attached hydrogens (tertiary/aromatic N) is 7. The molecule has 1 aromatic carbocycles. The van der Waals surface area contributed by atoms with E-state index in [-0.39, 0.29) is 52.3 Å². The maximum atomic E-state index is 16.8. The van der Waals surface area contributed by atoms with Gasteiger partial charge in [0.2, 0.25) is 25.3 Å². The quantitative estimate of drug-likeness (QED) is 0.0637. The van der Waals surface area contributed by atoms with E-state index in [2.05, 4.69) is 47.5 Å². The summed E-state index contributed by atoms with van der Waals surface area (Å²) in [5.74, 6) is -1.03. The van der Waals surface area contributed by atoms with Gasteiger partial charge in [-0.25, -0.2) is 33.3 Å². The number of aromatic nitrogens is 8. The topological polar surface area (TPSA) is 307 Å². The van der Waals surface area contributed by atoms with E-state index in [0.29, 0.717) is 29.1 Å². The third kappa shape index (κ3) is 10.4. The van der Waals surface area contributed by atoms with E-state index in [4.69, 9.17) is 46.6 Å². The summed E-state index contributed by atoms with van der Waals surface area (Å²) in [6.45, 7) is -4.28. The number of rotatable bonds is 13. The number of halogens is 2. The number of anilines is 3. The number of imidazole rings is 2. The minimum absolute atomic E-state index is 0.00705. The second-order valence-electron chi connectivity index (χ2n) is 15.2. The van der Waals surface area contributed by atoms with E-state index in [9.17, 15) is 23.5 Å². The summed E-state index contributed by atoms with van der Waals surface area (Å²) in [6, 6.07) is 6.42. The first kappa shape index (κ1) is 46.7. The van der Waals surface area contributed by atoms with Crippen LogP contribution in [0.15, 0.2) is 48.0 Å². The van der Waals surface area contributed by atoms with Crippen molar-refractivity contribution in [2.24, 2.45) is 0 Å². The molecule has 0 saturated carbocycles. The number of benzene rings is 1. The van der Waals surface area contributed by atoms with Gasteiger partial charge in [0, 0.05) is 17.9 Å². The Morgan fingerprint density at radius 2 is 1.55 bits per heavy atom. The highest BCUT2D eigenvalue weighted by Gasteiger charge is 2.54. The Balaban J connectivity index is 1.03. The lowest BCUT2D eigenvalue weighted by molar-refractivity contribution is -0.124. The van der Waals surface area contributed by atoms with Gasteiger partial charge in [0.05, 0.1) is 32.4 Å². The molecule has 0 bridgehead atoms. The first-order chi connectivity index (χ1) is 31.1. The van der Waals surface area contributed by atoms with Crippen molar-refractivity contribution in [2.75, 3.05) is 36.5 Å². The smallest absolute Gasteiger partial charge is 0.382 e. The van der Waals surface area contributed by atoms with Gasteiger partial charge in [-0.2, -0.15) is 4.98 Å². The van der Waals surface area contributed by atoms with Crippen molar-refractivity contribution in [1.29, 1.82) is 0 Å². The lowest BCUT2D eigenvalue weighted by atomic mass is 10.1. The summed E-state index contributed by atoms with van der Waals surface area (Å²) in [6.07, 6.45) is -6.68. The molecule has 346 valence electrons. The first-order valence-electron chi connectivity index (χ1n) is 20.3. The van der Waals surface area contributed by atoms with E-state index < -0.39 is 88.2 Å². The van der Waals surface area contributed by atoms with E-state index in [1.54, 1.807) is 24.3 Å². The van der Waals surface area contributed by atoms with Crippen molar-refractivity contribution >= 4 is 84.8 Å². The van der Waals surface area contributed by atoms with Crippen LogP contribution in [0, 0.1) is 0 Å². The molecule has 5 aromatic rings. The summed E-state index contributed by atoms with van der Waals surface area (Å²) in [5.41, 5.74) is 11.8. The van der Waals surface area contributed by atoms with Gasteiger partial charge in [-0.15, -0.1) is 0 Å². The molecule has 29 heteroatoms. The summed E-state index contributed by atoms with van der Waals surface area (Å²) in [4.78, 5) is 59.7. The molecule has 7 heterocycles. The Bertz CT molecular complexity index is 2700. The number of aromatic amines is 1. The fourth-order valence-electron chi connectivity index (χ4n) is 7.35. The number of nitrogens with two attached hydrogens (primary N) is 2.